The number of rotatable bonds is 4. The molecule has 1 aromatic heterocycles. The monoisotopic (exact) mass is 435 g/mol. The molecule has 0 fully saturated rings. The number of hydrogen-bond acceptors (Lipinski definition) is 3. The lowest BCUT2D eigenvalue weighted by atomic mass is 10.2. The molecule has 10 heteroatoms. The molecule has 2 rings (SSSR count). The Hall–Kier alpha value is -1.94. The van der Waals surface area contributed by atoms with Gasteiger partial charge in [0.1, 0.15) is 5.69 Å². The number of halogens is 4. The second-order valence-electron chi connectivity index (χ2n) is 4.97. The lowest BCUT2D eigenvalue weighted by Gasteiger charge is -2.09. The SMILES string of the molecule is Cn1cc(Br)cc1C(=O)NNC(=O)CSc1cccc(C(F)(F)F)c1. The summed E-state index contributed by atoms with van der Waals surface area (Å²) in [6.45, 7) is 0. The summed E-state index contributed by atoms with van der Waals surface area (Å²) in [7, 11) is 1.67. The van der Waals surface area contributed by atoms with Crippen molar-refractivity contribution < 1.29 is 22.8 Å². The van der Waals surface area contributed by atoms with Crippen molar-refractivity contribution in [1.82, 2.24) is 15.4 Å². The van der Waals surface area contributed by atoms with Crippen molar-refractivity contribution >= 4 is 39.5 Å². The second kappa shape index (κ2) is 7.96. The molecule has 1 aromatic carbocycles. The zero-order chi connectivity index (χ0) is 18.6. The summed E-state index contributed by atoms with van der Waals surface area (Å²) in [5.41, 5.74) is 4.03. The average molecular weight is 436 g/mol. The molecule has 1 heterocycles. The number of amides is 2. The molecule has 2 N–H and O–H groups in total. The maximum Gasteiger partial charge on any atom is 0.416 e. The van der Waals surface area contributed by atoms with Crippen molar-refractivity contribution in [1.29, 1.82) is 0 Å². The normalized spacial score (nSPS) is 11.2. The minimum Gasteiger partial charge on any atom is -0.345 e. The number of alkyl halides is 3. The van der Waals surface area contributed by atoms with Gasteiger partial charge in [0.05, 0.1) is 11.3 Å². The first kappa shape index (κ1) is 19.4. The van der Waals surface area contributed by atoms with Crippen LogP contribution >= 0.6 is 27.7 Å². The summed E-state index contributed by atoms with van der Waals surface area (Å²) in [5, 5.41) is 0. The Morgan fingerprint density at radius 3 is 2.56 bits per heavy atom. The van der Waals surface area contributed by atoms with E-state index in [0.29, 0.717) is 15.1 Å². The molecule has 0 bridgehead atoms. The molecular formula is C15H13BrF3N3O2S. The van der Waals surface area contributed by atoms with Gasteiger partial charge in [0, 0.05) is 22.6 Å². The first-order valence-electron chi connectivity index (χ1n) is 6.88. The molecule has 0 radical (unpaired) electrons. The summed E-state index contributed by atoms with van der Waals surface area (Å²) in [6.07, 6.45) is -2.75. The van der Waals surface area contributed by atoms with Gasteiger partial charge in [-0.05, 0) is 40.2 Å². The first-order chi connectivity index (χ1) is 11.7. The van der Waals surface area contributed by atoms with Crippen LogP contribution in [0.5, 0.6) is 0 Å². The number of carbonyl (C=O) groups excluding carboxylic acids is 2. The Bertz CT molecular complexity index is 793. The highest BCUT2D eigenvalue weighted by Crippen LogP contribution is 2.31. The number of nitrogens with zero attached hydrogens (tertiary/aromatic N) is 1. The number of aryl methyl sites for hydroxylation is 1. The first-order valence-corrected chi connectivity index (χ1v) is 8.66. The number of benzene rings is 1. The van der Waals surface area contributed by atoms with Crippen molar-refractivity contribution in [2.24, 2.45) is 7.05 Å². The second-order valence-corrected chi connectivity index (χ2v) is 6.94. The van der Waals surface area contributed by atoms with E-state index in [1.54, 1.807) is 23.9 Å². The van der Waals surface area contributed by atoms with Crippen molar-refractivity contribution in [2.75, 3.05) is 5.75 Å². The van der Waals surface area contributed by atoms with E-state index in [2.05, 4.69) is 26.8 Å². The van der Waals surface area contributed by atoms with Crippen LogP contribution in [0.25, 0.3) is 0 Å². The Labute approximate surface area is 154 Å². The maximum atomic E-state index is 12.6. The van der Waals surface area contributed by atoms with Gasteiger partial charge >= 0.3 is 6.18 Å². The van der Waals surface area contributed by atoms with Gasteiger partial charge in [0.25, 0.3) is 5.91 Å². The predicted molar refractivity (Wildman–Crippen MR) is 90.9 cm³/mol. The predicted octanol–water partition coefficient (Wildman–Crippen LogP) is 3.36. The van der Waals surface area contributed by atoms with E-state index in [4.69, 9.17) is 0 Å². The van der Waals surface area contributed by atoms with Crippen LogP contribution in [0.15, 0.2) is 45.9 Å². The van der Waals surface area contributed by atoms with Gasteiger partial charge in [0.2, 0.25) is 5.91 Å². The molecule has 0 unspecified atom stereocenters. The number of hydrazine groups is 1. The van der Waals surface area contributed by atoms with E-state index in [1.807, 2.05) is 0 Å². The van der Waals surface area contributed by atoms with E-state index in [9.17, 15) is 22.8 Å². The Morgan fingerprint density at radius 2 is 1.96 bits per heavy atom. The number of carbonyl (C=O) groups is 2. The van der Waals surface area contributed by atoms with Gasteiger partial charge in [0.15, 0.2) is 0 Å². The van der Waals surface area contributed by atoms with Crippen molar-refractivity contribution in [3.05, 3.63) is 52.3 Å². The largest absolute Gasteiger partial charge is 0.416 e. The molecule has 0 saturated carbocycles. The standard InChI is InChI=1S/C15H13BrF3N3O2S/c1-22-7-10(16)6-12(22)14(24)21-20-13(23)8-25-11-4-2-3-9(5-11)15(17,18)19/h2-7H,8H2,1H3,(H,20,23)(H,21,24). The molecule has 134 valence electrons. The molecule has 25 heavy (non-hydrogen) atoms. The fraction of sp³-hybridized carbons (Fsp3) is 0.200. The van der Waals surface area contributed by atoms with Gasteiger partial charge in [-0.15, -0.1) is 11.8 Å². The third-order valence-corrected chi connectivity index (χ3v) is 4.48. The zero-order valence-electron chi connectivity index (χ0n) is 12.9. The molecule has 0 aliphatic rings. The number of thioether (sulfide) groups is 1. The third-order valence-electron chi connectivity index (χ3n) is 3.05. The fourth-order valence-corrected chi connectivity index (χ4v) is 3.17. The van der Waals surface area contributed by atoms with Crippen LogP contribution in [0.2, 0.25) is 0 Å². The van der Waals surface area contributed by atoms with E-state index in [1.165, 1.54) is 12.1 Å². The van der Waals surface area contributed by atoms with Crippen LogP contribution in [-0.4, -0.2) is 22.1 Å². The van der Waals surface area contributed by atoms with Crippen LogP contribution in [0.4, 0.5) is 13.2 Å². The molecule has 0 saturated heterocycles. The Morgan fingerprint density at radius 1 is 1.24 bits per heavy atom. The van der Waals surface area contributed by atoms with Crippen LogP contribution in [0.3, 0.4) is 0 Å². The summed E-state index contributed by atoms with van der Waals surface area (Å²) in [5.74, 6) is -1.19. The van der Waals surface area contributed by atoms with E-state index >= 15 is 0 Å². The van der Waals surface area contributed by atoms with E-state index < -0.39 is 23.6 Å². The summed E-state index contributed by atoms with van der Waals surface area (Å²) >= 11 is 4.17. The van der Waals surface area contributed by atoms with E-state index in [-0.39, 0.29) is 5.75 Å². The van der Waals surface area contributed by atoms with Crippen LogP contribution in [0, 0.1) is 0 Å². The van der Waals surface area contributed by atoms with Crippen LogP contribution in [-0.2, 0) is 18.0 Å². The molecule has 2 aromatic rings. The maximum absolute atomic E-state index is 12.6. The quantitative estimate of drug-likeness (QED) is 0.571. The van der Waals surface area contributed by atoms with Gasteiger partial charge in [-0.25, -0.2) is 0 Å². The van der Waals surface area contributed by atoms with Crippen LogP contribution < -0.4 is 10.9 Å². The highest BCUT2D eigenvalue weighted by molar-refractivity contribution is 9.10. The number of hydrogen-bond donors (Lipinski definition) is 2. The molecule has 0 aliphatic carbocycles. The summed E-state index contributed by atoms with van der Waals surface area (Å²) in [4.78, 5) is 24.0. The highest BCUT2D eigenvalue weighted by atomic mass is 79.9. The minimum atomic E-state index is -4.43. The zero-order valence-corrected chi connectivity index (χ0v) is 15.3. The molecule has 2 amide bonds. The van der Waals surface area contributed by atoms with Gasteiger partial charge in [-0.2, -0.15) is 13.2 Å². The summed E-state index contributed by atoms with van der Waals surface area (Å²) < 4.78 is 40.2. The van der Waals surface area contributed by atoms with E-state index in [0.717, 1.165) is 23.9 Å². The lowest BCUT2D eigenvalue weighted by molar-refractivity contribution is -0.137. The molecule has 0 spiro atoms. The number of nitrogens with one attached hydrogen (secondary N) is 2. The van der Waals surface area contributed by atoms with Gasteiger partial charge in [-0.3, -0.25) is 20.4 Å². The van der Waals surface area contributed by atoms with Crippen molar-refractivity contribution in [2.45, 2.75) is 11.1 Å². The van der Waals surface area contributed by atoms with Crippen molar-refractivity contribution in [3.63, 3.8) is 0 Å². The lowest BCUT2D eigenvalue weighted by Crippen LogP contribution is -2.43. The Balaban J connectivity index is 1.85. The topological polar surface area (TPSA) is 63.1 Å². The number of aromatic nitrogens is 1. The molecule has 0 aliphatic heterocycles. The average Bonchev–Trinajstić information content (AvgIpc) is 2.88. The summed E-state index contributed by atoms with van der Waals surface area (Å²) in [6, 6.07) is 6.27. The van der Waals surface area contributed by atoms with Crippen LogP contribution in [0.1, 0.15) is 16.1 Å². The third kappa shape index (κ3) is 5.53. The van der Waals surface area contributed by atoms with Gasteiger partial charge < -0.3 is 4.57 Å². The fourth-order valence-electron chi connectivity index (χ4n) is 1.89. The molecule has 5 nitrogen and oxygen atoms in total. The molecular weight excluding hydrogens is 423 g/mol. The van der Waals surface area contributed by atoms with Gasteiger partial charge in [-0.1, -0.05) is 6.07 Å². The molecule has 0 atom stereocenters. The highest BCUT2D eigenvalue weighted by Gasteiger charge is 2.30. The smallest absolute Gasteiger partial charge is 0.345 e. The van der Waals surface area contributed by atoms with Crippen molar-refractivity contribution in [3.8, 4) is 0 Å². The minimum absolute atomic E-state index is 0.140. The Kier molecular flexibility index (Phi) is 6.17.